The van der Waals surface area contributed by atoms with Crippen LogP contribution in [-0.4, -0.2) is 38.9 Å². The lowest BCUT2D eigenvalue weighted by molar-refractivity contribution is -0.917. The van der Waals surface area contributed by atoms with Gasteiger partial charge in [-0.25, -0.2) is 8.42 Å². The van der Waals surface area contributed by atoms with Crippen molar-refractivity contribution in [2.45, 2.75) is 11.4 Å². The van der Waals surface area contributed by atoms with Crippen LogP contribution in [0.4, 0.5) is 0 Å². The number of quaternary nitrogens is 1. The van der Waals surface area contributed by atoms with E-state index in [2.05, 4.69) is 6.07 Å². The summed E-state index contributed by atoms with van der Waals surface area (Å²) >= 11 is 5.92. The second-order valence-corrected chi connectivity index (χ2v) is 8.47. The van der Waals surface area contributed by atoms with Gasteiger partial charge in [0.2, 0.25) is 10.0 Å². The molecular formula is C18H19ClN3O2S+. The Kier molecular flexibility index (Phi) is 5.40. The van der Waals surface area contributed by atoms with E-state index in [1.807, 2.05) is 24.3 Å². The summed E-state index contributed by atoms with van der Waals surface area (Å²) in [6.45, 7) is 3.30. The maximum atomic E-state index is 12.7. The van der Waals surface area contributed by atoms with Gasteiger partial charge in [-0.3, -0.25) is 0 Å². The van der Waals surface area contributed by atoms with Crippen LogP contribution >= 0.6 is 11.6 Å². The maximum Gasteiger partial charge on any atom is 0.243 e. The molecule has 0 aliphatic carbocycles. The largest absolute Gasteiger partial charge is 0.329 e. The van der Waals surface area contributed by atoms with Crippen LogP contribution in [0.15, 0.2) is 53.4 Å². The first kappa shape index (κ1) is 17.9. The van der Waals surface area contributed by atoms with Crippen molar-refractivity contribution in [1.82, 2.24) is 4.31 Å². The van der Waals surface area contributed by atoms with Gasteiger partial charge in [-0.1, -0.05) is 29.8 Å². The highest BCUT2D eigenvalue weighted by Gasteiger charge is 2.30. The van der Waals surface area contributed by atoms with Crippen molar-refractivity contribution in [1.29, 1.82) is 5.26 Å². The molecule has 1 N–H and O–H groups in total. The zero-order chi connectivity index (χ0) is 17.9. The van der Waals surface area contributed by atoms with Gasteiger partial charge in [-0.2, -0.15) is 9.57 Å². The molecule has 1 fully saturated rings. The van der Waals surface area contributed by atoms with E-state index in [-0.39, 0.29) is 4.90 Å². The van der Waals surface area contributed by atoms with Crippen molar-refractivity contribution in [3.63, 3.8) is 0 Å². The second-order valence-electron chi connectivity index (χ2n) is 6.10. The molecule has 5 nitrogen and oxygen atoms in total. The molecule has 2 aromatic carbocycles. The number of rotatable bonds is 4. The summed E-state index contributed by atoms with van der Waals surface area (Å²) in [5, 5.41) is 9.26. The third-order valence-electron chi connectivity index (χ3n) is 4.40. The zero-order valence-corrected chi connectivity index (χ0v) is 15.2. The van der Waals surface area contributed by atoms with E-state index in [0.29, 0.717) is 23.7 Å². The van der Waals surface area contributed by atoms with Gasteiger partial charge in [0.1, 0.15) is 6.54 Å². The Hall–Kier alpha value is -1.91. The first-order valence-corrected chi connectivity index (χ1v) is 9.89. The number of hydrogen-bond acceptors (Lipinski definition) is 3. The highest BCUT2D eigenvalue weighted by atomic mass is 35.5. The van der Waals surface area contributed by atoms with Crippen molar-refractivity contribution in [2.24, 2.45) is 0 Å². The van der Waals surface area contributed by atoms with Gasteiger partial charge < -0.3 is 4.90 Å². The van der Waals surface area contributed by atoms with E-state index in [4.69, 9.17) is 16.9 Å². The summed E-state index contributed by atoms with van der Waals surface area (Å²) in [7, 11) is -3.49. The lowest BCUT2D eigenvalue weighted by atomic mass is 10.1. The van der Waals surface area contributed by atoms with Crippen LogP contribution in [0.2, 0.25) is 5.02 Å². The summed E-state index contributed by atoms with van der Waals surface area (Å²) in [4.78, 5) is 1.58. The summed E-state index contributed by atoms with van der Waals surface area (Å²) in [5.41, 5.74) is 1.80. The number of sulfonamides is 1. The third-order valence-corrected chi connectivity index (χ3v) is 6.53. The van der Waals surface area contributed by atoms with Crippen molar-refractivity contribution >= 4 is 21.6 Å². The SMILES string of the molecule is N#Cc1ccc(C[NH+]2CCN(S(=O)(=O)c3cccc(Cl)c3)CC2)cc1. The van der Waals surface area contributed by atoms with Crippen LogP contribution < -0.4 is 4.90 Å². The molecular weight excluding hydrogens is 358 g/mol. The minimum Gasteiger partial charge on any atom is -0.329 e. The quantitative estimate of drug-likeness (QED) is 0.874. The topological polar surface area (TPSA) is 65.6 Å². The minimum atomic E-state index is -3.49. The van der Waals surface area contributed by atoms with E-state index in [0.717, 1.165) is 25.2 Å². The van der Waals surface area contributed by atoms with Crippen LogP contribution in [-0.2, 0) is 16.6 Å². The molecule has 1 saturated heterocycles. The van der Waals surface area contributed by atoms with Gasteiger partial charge >= 0.3 is 0 Å². The van der Waals surface area contributed by atoms with E-state index >= 15 is 0 Å². The van der Waals surface area contributed by atoms with Crippen LogP contribution in [0.5, 0.6) is 0 Å². The van der Waals surface area contributed by atoms with Crippen molar-refractivity contribution < 1.29 is 13.3 Å². The lowest BCUT2D eigenvalue weighted by Crippen LogP contribution is -3.13. The Bertz CT molecular complexity index is 883. The Balaban J connectivity index is 1.62. The molecule has 25 heavy (non-hydrogen) atoms. The highest BCUT2D eigenvalue weighted by Crippen LogP contribution is 2.19. The number of hydrogen-bond donors (Lipinski definition) is 1. The molecule has 0 saturated carbocycles. The Morgan fingerprint density at radius 1 is 1.12 bits per heavy atom. The third kappa shape index (κ3) is 4.20. The molecule has 0 amide bonds. The summed E-state index contributed by atoms with van der Waals surface area (Å²) in [6, 6.07) is 16.1. The fourth-order valence-electron chi connectivity index (χ4n) is 2.98. The van der Waals surface area contributed by atoms with Gasteiger partial charge in [0.25, 0.3) is 0 Å². The zero-order valence-electron chi connectivity index (χ0n) is 13.7. The van der Waals surface area contributed by atoms with Crippen molar-refractivity contribution in [3.05, 3.63) is 64.7 Å². The average molecular weight is 377 g/mol. The predicted molar refractivity (Wildman–Crippen MR) is 95.8 cm³/mol. The number of nitrogens with one attached hydrogen (secondary N) is 1. The molecule has 2 aromatic rings. The van der Waals surface area contributed by atoms with Crippen LogP contribution in [0, 0.1) is 11.3 Å². The van der Waals surface area contributed by atoms with Crippen LogP contribution in [0.25, 0.3) is 0 Å². The Morgan fingerprint density at radius 3 is 2.40 bits per heavy atom. The van der Waals surface area contributed by atoms with E-state index in [9.17, 15) is 8.42 Å². The monoisotopic (exact) mass is 376 g/mol. The van der Waals surface area contributed by atoms with Crippen LogP contribution in [0.1, 0.15) is 11.1 Å². The molecule has 0 bridgehead atoms. The maximum absolute atomic E-state index is 12.7. The van der Waals surface area contributed by atoms with Gasteiger partial charge in [-0.05, 0) is 30.3 Å². The lowest BCUT2D eigenvalue weighted by Gasteiger charge is -2.31. The summed E-state index contributed by atoms with van der Waals surface area (Å²) in [5.74, 6) is 0. The summed E-state index contributed by atoms with van der Waals surface area (Å²) in [6.07, 6.45) is 0. The number of nitriles is 1. The van der Waals surface area contributed by atoms with Gasteiger partial charge in [0.05, 0.1) is 42.7 Å². The number of benzene rings is 2. The van der Waals surface area contributed by atoms with E-state index in [1.165, 1.54) is 15.3 Å². The average Bonchev–Trinajstić information content (AvgIpc) is 2.63. The first-order chi connectivity index (χ1) is 12.0. The molecule has 0 unspecified atom stereocenters. The molecule has 0 atom stereocenters. The van der Waals surface area contributed by atoms with Crippen molar-refractivity contribution in [2.75, 3.05) is 26.2 Å². The standard InChI is InChI=1S/C18H18ClN3O2S/c19-17-2-1-3-18(12-17)25(23,24)22-10-8-21(9-11-22)14-16-6-4-15(13-20)5-7-16/h1-7,12H,8-11,14H2/p+1. The minimum absolute atomic E-state index is 0.246. The van der Waals surface area contributed by atoms with Crippen LogP contribution in [0.3, 0.4) is 0 Å². The molecule has 0 spiro atoms. The molecule has 1 heterocycles. The molecule has 1 aliphatic heterocycles. The number of halogens is 1. The highest BCUT2D eigenvalue weighted by molar-refractivity contribution is 7.89. The van der Waals surface area contributed by atoms with Gasteiger partial charge in [0.15, 0.2) is 0 Å². The number of piperazine rings is 1. The molecule has 130 valence electrons. The van der Waals surface area contributed by atoms with E-state index in [1.54, 1.807) is 18.2 Å². The normalized spacial score (nSPS) is 16.5. The fourth-order valence-corrected chi connectivity index (χ4v) is 4.72. The smallest absolute Gasteiger partial charge is 0.243 e. The van der Waals surface area contributed by atoms with Gasteiger partial charge in [-0.15, -0.1) is 0 Å². The molecule has 0 radical (unpaired) electrons. The molecule has 3 rings (SSSR count). The Morgan fingerprint density at radius 2 is 1.80 bits per heavy atom. The Labute approximate surface area is 153 Å². The molecule has 1 aliphatic rings. The molecule has 0 aromatic heterocycles. The molecule has 7 heteroatoms. The predicted octanol–water partition coefficient (Wildman–Crippen LogP) is 1.30. The fraction of sp³-hybridized carbons (Fsp3) is 0.278. The van der Waals surface area contributed by atoms with Crippen molar-refractivity contribution in [3.8, 4) is 6.07 Å². The number of nitrogens with zero attached hydrogens (tertiary/aromatic N) is 2. The second kappa shape index (κ2) is 7.54. The van der Waals surface area contributed by atoms with Gasteiger partial charge in [0, 0.05) is 10.6 Å². The summed E-state index contributed by atoms with van der Waals surface area (Å²) < 4.78 is 26.9. The first-order valence-electron chi connectivity index (χ1n) is 8.07. The van der Waals surface area contributed by atoms with E-state index < -0.39 is 10.0 Å².